The second-order valence-corrected chi connectivity index (χ2v) is 9.56. The smallest absolute Gasteiger partial charge is 0.270 e. The van der Waals surface area contributed by atoms with Gasteiger partial charge >= 0.3 is 0 Å². The van der Waals surface area contributed by atoms with Gasteiger partial charge in [0.1, 0.15) is 16.3 Å². The van der Waals surface area contributed by atoms with E-state index in [-0.39, 0.29) is 41.3 Å². The number of hydroxylamine groups is 1. The Hall–Kier alpha value is -2.99. The molecule has 1 saturated heterocycles. The van der Waals surface area contributed by atoms with Crippen molar-refractivity contribution in [3.8, 4) is 5.75 Å². The molecule has 0 amide bonds. The monoisotopic (exact) mass is 492 g/mol. The first kappa shape index (κ1) is 23.2. The summed E-state index contributed by atoms with van der Waals surface area (Å²) in [5.41, 5.74) is -0.994. The van der Waals surface area contributed by atoms with Gasteiger partial charge in [-0.3, -0.25) is 19.4 Å². The van der Waals surface area contributed by atoms with Crippen molar-refractivity contribution in [2.75, 3.05) is 23.8 Å². The Balaban J connectivity index is 1.67. The van der Waals surface area contributed by atoms with Crippen molar-refractivity contribution in [3.05, 3.63) is 67.7 Å². The Morgan fingerprint density at radius 2 is 1.97 bits per heavy atom. The molecular weight excluding hydrogens is 472 g/mol. The van der Waals surface area contributed by atoms with Gasteiger partial charge in [0, 0.05) is 12.7 Å². The SMILES string of the molecule is CC[C@@H](Nc1c(Nc2ccc(Cl)c(S(=O)(=O)N3CCCO3)c2O)c(=O)c1=O)c1ccccn1. The van der Waals surface area contributed by atoms with E-state index in [0.717, 1.165) is 4.47 Å². The standard InChI is InChI=1S/C21H21ClN4O6S/c1-2-13(14-6-3-4-9-23-14)24-16-17(20(29)19(16)28)25-15-8-7-12(22)21(18(15)27)33(30,31)26-10-5-11-32-26/h3-4,6-9,13,24-25,27H,2,5,10-11H2,1H3/t13-/m1/s1. The van der Waals surface area contributed by atoms with Crippen LogP contribution in [-0.4, -0.2) is 36.1 Å². The summed E-state index contributed by atoms with van der Waals surface area (Å²) < 4.78 is 26.6. The highest BCUT2D eigenvalue weighted by Gasteiger charge is 2.35. The molecule has 1 aliphatic heterocycles. The number of sulfonamides is 1. The van der Waals surface area contributed by atoms with Crippen molar-refractivity contribution in [2.45, 2.75) is 30.7 Å². The minimum Gasteiger partial charge on any atom is -0.504 e. The molecular formula is C21H21ClN4O6S. The zero-order valence-corrected chi connectivity index (χ0v) is 19.1. The van der Waals surface area contributed by atoms with E-state index in [1.165, 1.54) is 12.1 Å². The van der Waals surface area contributed by atoms with Crippen LogP contribution in [0.15, 0.2) is 51.0 Å². The van der Waals surface area contributed by atoms with Crippen molar-refractivity contribution in [1.29, 1.82) is 0 Å². The normalized spacial score (nSPS) is 15.6. The van der Waals surface area contributed by atoms with Crippen molar-refractivity contribution >= 4 is 38.7 Å². The second-order valence-electron chi connectivity index (χ2n) is 7.38. The largest absolute Gasteiger partial charge is 0.504 e. The lowest BCUT2D eigenvalue weighted by molar-refractivity contribution is -0.0285. The number of benzene rings is 1. The minimum absolute atomic E-state index is 0.0270. The predicted octanol–water partition coefficient (Wildman–Crippen LogP) is 2.67. The quantitative estimate of drug-likeness (QED) is 0.320. The number of aromatic nitrogens is 1. The van der Waals surface area contributed by atoms with Crippen LogP contribution in [0.25, 0.3) is 0 Å². The van der Waals surface area contributed by atoms with Crippen LogP contribution in [0.1, 0.15) is 31.5 Å². The highest BCUT2D eigenvalue weighted by atomic mass is 35.5. The number of phenols is 1. The summed E-state index contributed by atoms with van der Waals surface area (Å²) >= 11 is 6.08. The number of phenolic OH excluding ortho intramolecular Hbond substituents is 1. The fourth-order valence-corrected chi connectivity index (χ4v) is 5.43. The van der Waals surface area contributed by atoms with Crippen molar-refractivity contribution in [3.63, 3.8) is 0 Å². The molecule has 10 nitrogen and oxygen atoms in total. The van der Waals surface area contributed by atoms with E-state index in [0.29, 0.717) is 18.5 Å². The topological polar surface area (TPSA) is 138 Å². The van der Waals surface area contributed by atoms with Gasteiger partial charge in [-0.05, 0) is 37.1 Å². The van der Waals surface area contributed by atoms with Gasteiger partial charge < -0.3 is 15.7 Å². The van der Waals surface area contributed by atoms with E-state index in [1.807, 2.05) is 13.0 Å². The van der Waals surface area contributed by atoms with Crippen LogP contribution in [0.2, 0.25) is 5.02 Å². The molecule has 1 atom stereocenters. The number of anilines is 3. The fourth-order valence-electron chi connectivity index (χ4n) is 3.53. The zero-order chi connectivity index (χ0) is 23.8. The maximum atomic E-state index is 12.9. The predicted molar refractivity (Wildman–Crippen MR) is 123 cm³/mol. The van der Waals surface area contributed by atoms with Crippen LogP contribution in [-0.2, 0) is 14.9 Å². The van der Waals surface area contributed by atoms with E-state index in [1.54, 1.807) is 18.3 Å². The Bertz CT molecular complexity index is 1350. The van der Waals surface area contributed by atoms with E-state index >= 15 is 0 Å². The molecule has 0 aliphatic carbocycles. The van der Waals surface area contributed by atoms with Crippen molar-refractivity contribution in [2.24, 2.45) is 0 Å². The molecule has 174 valence electrons. The van der Waals surface area contributed by atoms with Gasteiger partial charge in [0.25, 0.3) is 20.9 Å². The molecule has 1 aromatic heterocycles. The fraction of sp³-hybridized carbons (Fsp3) is 0.286. The van der Waals surface area contributed by atoms with Gasteiger partial charge in [0.2, 0.25) is 0 Å². The van der Waals surface area contributed by atoms with Gasteiger partial charge in [-0.25, -0.2) is 8.42 Å². The lowest BCUT2D eigenvalue weighted by atomic mass is 10.1. The van der Waals surface area contributed by atoms with Crippen molar-refractivity contribution < 1.29 is 18.4 Å². The molecule has 1 fully saturated rings. The zero-order valence-electron chi connectivity index (χ0n) is 17.5. The molecule has 0 saturated carbocycles. The minimum atomic E-state index is -4.25. The first-order chi connectivity index (χ1) is 15.8. The number of aromatic hydroxyl groups is 1. The Morgan fingerprint density at radius 1 is 1.21 bits per heavy atom. The van der Waals surface area contributed by atoms with E-state index < -0.39 is 31.5 Å². The third kappa shape index (κ3) is 4.20. The Labute approximate surface area is 194 Å². The molecule has 0 radical (unpaired) electrons. The number of halogens is 1. The first-order valence-electron chi connectivity index (χ1n) is 10.2. The molecule has 2 heterocycles. The molecule has 12 heteroatoms. The number of hydrogen-bond donors (Lipinski definition) is 3. The molecule has 3 aromatic rings. The summed E-state index contributed by atoms with van der Waals surface area (Å²) in [6.07, 6.45) is 2.71. The van der Waals surface area contributed by atoms with Crippen LogP contribution < -0.4 is 21.5 Å². The van der Waals surface area contributed by atoms with Crippen LogP contribution in [0, 0.1) is 0 Å². The van der Waals surface area contributed by atoms with E-state index in [4.69, 9.17) is 16.4 Å². The maximum absolute atomic E-state index is 12.9. The average Bonchev–Trinajstić information content (AvgIpc) is 3.36. The van der Waals surface area contributed by atoms with Crippen LogP contribution >= 0.6 is 11.6 Å². The molecule has 0 bridgehead atoms. The Kier molecular flexibility index (Phi) is 6.39. The molecule has 0 spiro atoms. The number of rotatable bonds is 8. The summed E-state index contributed by atoms with van der Waals surface area (Å²) in [6, 6.07) is 7.63. The number of nitrogens with zero attached hydrogens (tertiary/aromatic N) is 2. The summed E-state index contributed by atoms with van der Waals surface area (Å²) in [7, 11) is -4.25. The van der Waals surface area contributed by atoms with Crippen LogP contribution in [0.3, 0.4) is 0 Å². The second kappa shape index (κ2) is 9.10. The molecule has 3 N–H and O–H groups in total. The van der Waals surface area contributed by atoms with E-state index in [9.17, 15) is 23.1 Å². The third-order valence-corrected chi connectivity index (χ3v) is 7.45. The Morgan fingerprint density at radius 3 is 2.61 bits per heavy atom. The average molecular weight is 493 g/mol. The van der Waals surface area contributed by atoms with Gasteiger partial charge in [-0.1, -0.05) is 29.1 Å². The van der Waals surface area contributed by atoms with Gasteiger partial charge in [-0.2, -0.15) is 0 Å². The van der Waals surface area contributed by atoms with Crippen LogP contribution in [0.4, 0.5) is 17.1 Å². The first-order valence-corrected chi connectivity index (χ1v) is 12.0. The highest BCUT2D eigenvalue weighted by Crippen LogP contribution is 2.40. The highest BCUT2D eigenvalue weighted by molar-refractivity contribution is 7.89. The lowest BCUT2D eigenvalue weighted by Gasteiger charge is -2.22. The van der Waals surface area contributed by atoms with Gasteiger partial charge in [0.15, 0.2) is 5.75 Å². The lowest BCUT2D eigenvalue weighted by Crippen LogP contribution is -2.37. The summed E-state index contributed by atoms with van der Waals surface area (Å²) in [6.45, 7) is 2.24. The number of nitrogens with one attached hydrogen (secondary N) is 2. The van der Waals surface area contributed by atoms with Gasteiger partial charge in [0.05, 0.1) is 29.1 Å². The third-order valence-electron chi connectivity index (χ3n) is 5.27. The van der Waals surface area contributed by atoms with Crippen molar-refractivity contribution in [1.82, 2.24) is 9.45 Å². The number of hydrogen-bond acceptors (Lipinski definition) is 9. The molecule has 4 rings (SSSR count). The summed E-state index contributed by atoms with van der Waals surface area (Å²) in [5.74, 6) is -0.686. The van der Waals surface area contributed by atoms with E-state index in [2.05, 4.69) is 15.6 Å². The van der Waals surface area contributed by atoms with Crippen LogP contribution in [0.5, 0.6) is 5.75 Å². The summed E-state index contributed by atoms with van der Waals surface area (Å²) in [4.78, 5) is 33.4. The van der Waals surface area contributed by atoms with Gasteiger partial charge in [-0.15, -0.1) is 0 Å². The molecule has 2 aromatic carbocycles. The maximum Gasteiger partial charge on any atom is 0.270 e. The molecule has 33 heavy (non-hydrogen) atoms. The summed E-state index contributed by atoms with van der Waals surface area (Å²) in [5, 5.41) is 16.2. The molecule has 1 aliphatic rings. The molecule has 0 unspecified atom stereocenters. The number of pyridine rings is 1.